The van der Waals surface area contributed by atoms with Crippen LogP contribution in [-0.4, -0.2) is 23.7 Å². The Balaban J connectivity index is 1.51. The molecule has 0 fully saturated rings. The minimum Gasteiger partial charge on any atom is -0.462 e. The summed E-state index contributed by atoms with van der Waals surface area (Å²) in [6.45, 7) is 10.3. The number of imidazole rings is 1. The Hall–Kier alpha value is -3.54. The van der Waals surface area contributed by atoms with Gasteiger partial charge in [0.05, 0.1) is 31.5 Å². The van der Waals surface area contributed by atoms with Crippen molar-refractivity contribution in [1.29, 1.82) is 0 Å². The average molecular weight is 445 g/mol. The fourth-order valence-electron chi connectivity index (χ4n) is 4.86. The third kappa shape index (κ3) is 3.41. The van der Waals surface area contributed by atoms with Crippen molar-refractivity contribution in [1.82, 2.24) is 4.57 Å². The molecule has 33 heavy (non-hydrogen) atoms. The van der Waals surface area contributed by atoms with Crippen LogP contribution in [0.25, 0.3) is 16.6 Å². The molecule has 3 aromatic rings. The normalized spacial score (nSPS) is 17.1. The van der Waals surface area contributed by atoms with E-state index in [1.54, 1.807) is 0 Å². The SMILES string of the molecule is CCOC(=O)c1ccc2c(c1)n(C)c1[n+]2CCC1=CC=C1Oc2cc(C)c(C)cc2N1CC. The fourth-order valence-corrected chi connectivity index (χ4v) is 4.86. The highest BCUT2D eigenvalue weighted by Crippen LogP contribution is 2.40. The van der Waals surface area contributed by atoms with Crippen LogP contribution in [0.15, 0.2) is 48.4 Å². The van der Waals surface area contributed by atoms with Crippen molar-refractivity contribution in [2.24, 2.45) is 7.05 Å². The number of nitrogens with zero attached hydrogens (tertiary/aromatic N) is 3. The molecule has 0 N–H and O–H groups in total. The first-order chi connectivity index (χ1) is 15.9. The molecule has 6 nitrogen and oxygen atoms in total. The first-order valence-corrected chi connectivity index (χ1v) is 11.6. The van der Waals surface area contributed by atoms with Crippen LogP contribution in [-0.2, 0) is 18.3 Å². The standard InChI is InChI=1S/C27H30N3O3/c1-6-29-23-14-17(3)18(4)15-24(23)33-25(29)11-9-19-12-13-30-21-10-8-20(27(31)32-7-2)16-22(21)28(5)26(19)30/h8-11,14-16H,6-7,12-13H2,1-5H3/q+1. The van der Waals surface area contributed by atoms with Crippen molar-refractivity contribution >= 4 is 28.3 Å². The van der Waals surface area contributed by atoms with E-state index in [0.29, 0.717) is 12.2 Å². The summed E-state index contributed by atoms with van der Waals surface area (Å²) >= 11 is 0. The summed E-state index contributed by atoms with van der Waals surface area (Å²) < 4.78 is 15.9. The molecule has 2 aliphatic heterocycles. The van der Waals surface area contributed by atoms with Crippen LogP contribution >= 0.6 is 0 Å². The number of fused-ring (bicyclic) bond motifs is 4. The van der Waals surface area contributed by atoms with E-state index in [4.69, 9.17) is 9.47 Å². The average Bonchev–Trinajstić information content (AvgIpc) is 3.45. The van der Waals surface area contributed by atoms with Crippen molar-refractivity contribution in [2.45, 2.75) is 40.7 Å². The third-order valence-electron chi connectivity index (χ3n) is 6.69. The van der Waals surface area contributed by atoms with Crippen LogP contribution in [0.1, 0.15) is 47.6 Å². The van der Waals surface area contributed by atoms with Crippen molar-refractivity contribution < 1.29 is 18.8 Å². The van der Waals surface area contributed by atoms with Crippen molar-refractivity contribution in [3.63, 3.8) is 0 Å². The van der Waals surface area contributed by atoms with E-state index in [1.807, 2.05) is 25.1 Å². The minimum atomic E-state index is -0.283. The summed E-state index contributed by atoms with van der Waals surface area (Å²) in [4.78, 5) is 14.4. The Bertz CT molecular complexity index is 1350. The molecule has 0 spiro atoms. The molecule has 0 bridgehead atoms. The molecule has 0 aliphatic carbocycles. The molecule has 0 radical (unpaired) electrons. The lowest BCUT2D eigenvalue weighted by Crippen LogP contribution is -2.31. The molecular formula is C27H30N3O3+. The highest BCUT2D eigenvalue weighted by atomic mass is 16.5. The van der Waals surface area contributed by atoms with Gasteiger partial charge in [-0.15, -0.1) is 0 Å². The number of anilines is 1. The number of carbonyl (C=O) groups is 1. The number of esters is 1. The minimum absolute atomic E-state index is 0.283. The molecule has 0 atom stereocenters. The van der Waals surface area contributed by atoms with E-state index in [-0.39, 0.29) is 5.97 Å². The number of carbonyl (C=O) groups excluding carboxylic acids is 1. The first-order valence-electron chi connectivity index (χ1n) is 11.6. The summed E-state index contributed by atoms with van der Waals surface area (Å²) in [5, 5.41) is 0. The molecule has 0 amide bonds. The number of hydrogen-bond acceptors (Lipinski definition) is 4. The number of hydrogen-bond donors (Lipinski definition) is 0. The number of benzene rings is 2. The molecule has 0 saturated heterocycles. The Morgan fingerprint density at radius 1 is 1.15 bits per heavy atom. The third-order valence-corrected chi connectivity index (χ3v) is 6.69. The molecule has 3 heterocycles. The maximum Gasteiger partial charge on any atom is 0.338 e. The van der Waals surface area contributed by atoms with Gasteiger partial charge in [0, 0.05) is 24.6 Å². The zero-order valence-electron chi connectivity index (χ0n) is 19.9. The van der Waals surface area contributed by atoms with Gasteiger partial charge in [0.15, 0.2) is 16.8 Å². The Morgan fingerprint density at radius 3 is 2.70 bits per heavy atom. The van der Waals surface area contributed by atoms with Gasteiger partial charge in [-0.25, -0.2) is 13.9 Å². The number of rotatable bonds is 4. The highest BCUT2D eigenvalue weighted by molar-refractivity contribution is 5.93. The Morgan fingerprint density at radius 2 is 1.94 bits per heavy atom. The second-order valence-electron chi connectivity index (χ2n) is 8.66. The molecular weight excluding hydrogens is 414 g/mol. The Kier molecular flexibility index (Phi) is 5.23. The summed E-state index contributed by atoms with van der Waals surface area (Å²) in [6.07, 6.45) is 5.22. The van der Waals surface area contributed by atoms with Crippen LogP contribution in [0.3, 0.4) is 0 Å². The van der Waals surface area contributed by atoms with Crippen LogP contribution in [0.2, 0.25) is 0 Å². The summed E-state index contributed by atoms with van der Waals surface area (Å²) in [5.74, 6) is 2.65. The zero-order valence-corrected chi connectivity index (χ0v) is 19.9. The summed E-state index contributed by atoms with van der Waals surface area (Å²) in [6, 6.07) is 10.1. The lowest BCUT2D eigenvalue weighted by atomic mass is 10.1. The van der Waals surface area contributed by atoms with Gasteiger partial charge >= 0.3 is 5.97 Å². The van der Waals surface area contributed by atoms with Gasteiger partial charge in [-0.2, -0.15) is 0 Å². The van der Waals surface area contributed by atoms with E-state index in [0.717, 1.165) is 53.7 Å². The van der Waals surface area contributed by atoms with Crippen molar-refractivity contribution in [2.75, 3.05) is 18.1 Å². The van der Waals surface area contributed by atoms with Crippen LogP contribution in [0.4, 0.5) is 5.69 Å². The second kappa shape index (κ2) is 8.10. The van der Waals surface area contributed by atoms with Crippen molar-refractivity contribution in [3.8, 4) is 5.75 Å². The molecule has 6 heteroatoms. The molecule has 170 valence electrons. The number of allylic oxidation sites excluding steroid dienone is 3. The maximum absolute atomic E-state index is 12.2. The summed E-state index contributed by atoms with van der Waals surface area (Å²) in [7, 11) is 2.06. The smallest absolute Gasteiger partial charge is 0.338 e. The van der Waals surface area contributed by atoms with E-state index in [2.05, 4.69) is 66.1 Å². The van der Waals surface area contributed by atoms with Gasteiger partial charge < -0.3 is 14.4 Å². The molecule has 5 rings (SSSR count). The lowest BCUT2D eigenvalue weighted by molar-refractivity contribution is -0.664. The van der Waals surface area contributed by atoms with Gasteiger partial charge in [-0.05, 0) is 75.2 Å². The quantitative estimate of drug-likeness (QED) is 0.428. The number of aromatic nitrogens is 2. The second-order valence-corrected chi connectivity index (χ2v) is 8.66. The monoisotopic (exact) mass is 444 g/mol. The zero-order chi connectivity index (χ0) is 23.3. The summed E-state index contributed by atoms with van der Waals surface area (Å²) in [5.41, 5.74) is 7.62. The maximum atomic E-state index is 12.2. The number of ether oxygens (including phenoxy) is 2. The largest absolute Gasteiger partial charge is 0.462 e. The molecule has 0 saturated carbocycles. The van der Waals surface area contributed by atoms with Gasteiger partial charge in [-0.1, -0.05) is 0 Å². The van der Waals surface area contributed by atoms with E-state index in [9.17, 15) is 4.79 Å². The topological polar surface area (TPSA) is 47.6 Å². The number of aryl methyl sites for hydroxylation is 4. The van der Waals surface area contributed by atoms with Gasteiger partial charge in [-0.3, -0.25) is 0 Å². The van der Waals surface area contributed by atoms with Gasteiger partial charge in [0.1, 0.15) is 0 Å². The van der Waals surface area contributed by atoms with Crippen LogP contribution < -0.4 is 14.2 Å². The molecule has 0 unspecified atom stereocenters. The van der Waals surface area contributed by atoms with Gasteiger partial charge in [0.2, 0.25) is 5.88 Å². The van der Waals surface area contributed by atoms with Crippen molar-refractivity contribution in [3.05, 3.63) is 70.9 Å². The predicted octanol–water partition coefficient (Wildman–Crippen LogP) is 4.81. The van der Waals surface area contributed by atoms with E-state index < -0.39 is 0 Å². The van der Waals surface area contributed by atoms with Gasteiger partial charge in [0.25, 0.3) is 5.82 Å². The van der Waals surface area contributed by atoms with Crippen LogP contribution in [0.5, 0.6) is 5.75 Å². The predicted molar refractivity (Wildman–Crippen MR) is 129 cm³/mol. The molecule has 2 aliphatic rings. The van der Waals surface area contributed by atoms with E-state index >= 15 is 0 Å². The Labute approximate surface area is 194 Å². The first kappa shape index (κ1) is 21.3. The molecule has 1 aromatic heterocycles. The highest BCUT2D eigenvalue weighted by Gasteiger charge is 2.32. The van der Waals surface area contributed by atoms with E-state index in [1.165, 1.54) is 16.7 Å². The fraction of sp³-hybridized carbons (Fsp3) is 0.333. The molecule has 2 aromatic carbocycles. The lowest BCUT2D eigenvalue weighted by Gasteiger charge is -2.15. The van der Waals surface area contributed by atoms with Crippen LogP contribution in [0, 0.1) is 13.8 Å².